The first-order valence-electron chi connectivity index (χ1n) is 6.68. The average molecular weight is 337 g/mol. The van der Waals surface area contributed by atoms with Crippen LogP contribution in [0.4, 0.5) is 0 Å². The van der Waals surface area contributed by atoms with Gasteiger partial charge < -0.3 is 9.84 Å². The Hall–Kier alpha value is -2.12. The maximum absolute atomic E-state index is 12.1. The molecule has 22 heavy (non-hydrogen) atoms. The van der Waals surface area contributed by atoms with Crippen LogP contribution in [0.5, 0.6) is 0 Å². The van der Waals surface area contributed by atoms with Gasteiger partial charge in [-0.25, -0.2) is 0 Å². The van der Waals surface area contributed by atoms with Gasteiger partial charge in [0.05, 0.1) is 16.4 Å². The van der Waals surface area contributed by atoms with E-state index in [2.05, 4.69) is 15.6 Å². The van der Waals surface area contributed by atoms with Gasteiger partial charge in [-0.15, -0.1) is 11.3 Å². The van der Waals surface area contributed by atoms with Gasteiger partial charge in [-0.05, 0) is 18.4 Å². The number of carbonyl (C=O) groups excluding carboxylic acids is 1. The average Bonchev–Trinajstić information content (AvgIpc) is 3.24. The fraction of sp³-hybridized carbons (Fsp3) is 0.214. The van der Waals surface area contributed by atoms with Crippen molar-refractivity contribution in [3.05, 3.63) is 46.2 Å². The van der Waals surface area contributed by atoms with E-state index in [1.165, 1.54) is 11.3 Å². The van der Waals surface area contributed by atoms with Gasteiger partial charge in [0.1, 0.15) is 5.69 Å². The molecule has 0 aromatic carbocycles. The molecule has 6 nitrogen and oxygen atoms in total. The predicted molar refractivity (Wildman–Crippen MR) is 83.9 cm³/mol. The number of aryl methyl sites for hydroxylation is 1. The lowest BCUT2D eigenvalue weighted by Crippen LogP contribution is -2.23. The smallest absolute Gasteiger partial charge is 0.273 e. The molecule has 0 fully saturated rings. The molecule has 1 amide bonds. The number of halogens is 1. The molecular weight excluding hydrogens is 324 g/mol. The molecule has 0 aliphatic carbocycles. The standard InChI is InChI=1S/C14H13ClN4O2S/c1-2-19-8-9(15)11(17-19)7-16-14(20)10-6-12(21-18-10)13-4-3-5-22-13/h3-6,8H,2,7H2,1H3,(H,16,20). The molecule has 0 unspecified atom stereocenters. The van der Waals surface area contributed by atoms with Crippen molar-refractivity contribution >= 4 is 28.8 Å². The Labute approximate surface area is 135 Å². The van der Waals surface area contributed by atoms with E-state index in [0.29, 0.717) is 16.5 Å². The molecule has 0 aliphatic rings. The SMILES string of the molecule is CCn1cc(Cl)c(CNC(=O)c2cc(-c3cccs3)on2)n1. The van der Waals surface area contributed by atoms with Crippen LogP contribution in [0.25, 0.3) is 10.6 Å². The van der Waals surface area contributed by atoms with E-state index in [0.717, 1.165) is 11.4 Å². The van der Waals surface area contributed by atoms with Crippen molar-refractivity contribution in [2.45, 2.75) is 20.0 Å². The molecule has 0 atom stereocenters. The summed E-state index contributed by atoms with van der Waals surface area (Å²) in [5.74, 6) is 0.252. The van der Waals surface area contributed by atoms with E-state index >= 15 is 0 Å². The summed E-state index contributed by atoms with van der Waals surface area (Å²) in [6, 6.07) is 5.44. The minimum absolute atomic E-state index is 0.231. The van der Waals surface area contributed by atoms with Crippen LogP contribution in [0.3, 0.4) is 0 Å². The zero-order valence-corrected chi connectivity index (χ0v) is 13.3. The quantitative estimate of drug-likeness (QED) is 0.776. The molecular formula is C14H13ClN4O2S. The van der Waals surface area contributed by atoms with Gasteiger partial charge in [-0.3, -0.25) is 9.48 Å². The highest BCUT2D eigenvalue weighted by atomic mass is 35.5. The third-order valence-corrected chi connectivity index (χ3v) is 4.23. The molecule has 0 aliphatic heterocycles. The zero-order chi connectivity index (χ0) is 15.5. The molecule has 3 aromatic rings. The van der Waals surface area contributed by atoms with Gasteiger partial charge >= 0.3 is 0 Å². The molecule has 0 spiro atoms. The Kier molecular flexibility index (Phi) is 4.26. The van der Waals surface area contributed by atoms with Crippen LogP contribution in [-0.2, 0) is 13.1 Å². The number of nitrogens with one attached hydrogen (secondary N) is 1. The van der Waals surface area contributed by atoms with Crippen LogP contribution in [0.2, 0.25) is 5.02 Å². The molecule has 0 saturated heterocycles. The first kappa shape index (κ1) is 14.8. The summed E-state index contributed by atoms with van der Waals surface area (Å²) in [7, 11) is 0. The summed E-state index contributed by atoms with van der Waals surface area (Å²) in [6.07, 6.45) is 1.73. The topological polar surface area (TPSA) is 73.0 Å². The number of amides is 1. The lowest BCUT2D eigenvalue weighted by molar-refractivity contribution is 0.0941. The predicted octanol–water partition coefficient (Wildman–Crippen LogP) is 3.20. The van der Waals surface area contributed by atoms with E-state index < -0.39 is 0 Å². The van der Waals surface area contributed by atoms with Crippen molar-refractivity contribution in [1.29, 1.82) is 0 Å². The van der Waals surface area contributed by atoms with Crippen LogP contribution in [0.15, 0.2) is 34.3 Å². The van der Waals surface area contributed by atoms with Gasteiger partial charge in [0, 0.05) is 18.8 Å². The molecule has 3 aromatic heterocycles. The van der Waals surface area contributed by atoms with Crippen molar-refractivity contribution in [2.75, 3.05) is 0 Å². The number of nitrogens with zero attached hydrogens (tertiary/aromatic N) is 3. The normalized spacial score (nSPS) is 10.8. The summed E-state index contributed by atoms with van der Waals surface area (Å²) in [5, 5.41) is 13.3. The molecule has 114 valence electrons. The number of aromatic nitrogens is 3. The fourth-order valence-corrected chi connectivity index (χ4v) is 2.78. The van der Waals surface area contributed by atoms with Crippen molar-refractivity contribution in [3.63, 3.8) is 0 Å². The highest BCUT2D eigenvalue weighted by Gasteiger charge is 2.15. The summed E-state index contributed by atoms with van der Waals surface area (Å²) in [4.78, 5) is 13.0. The molecule has 3 heterocycles. The van der Waals surface area contributed by atoms with E-state index in [-0.39, 0.29) is 18.1 Å². The van der Waals surface area contributed by atoms with Crippen molar-refractivity contribution in [2.24, 2.45) is 0 Å². The minimum Gasteiger partial charge on any atom is -0.355 e. The molecule has 0 radical (unpaired) electrons. The van der Waals surface area contributed by atoms with Crippen LogP contribution in [0.1, 0.15) is 23.1 Å². The van der Waals surface area contributed by atoms with Crippen LogP contribution in [0, 0.1) is 0 Å². The second kappa shape index (κ2) is 6.33. The van der Waals surface area contributed by atoms with Gasteiger partial charge in [-0.1, -0.05) is 22.8 Å². The summed E-state index contributed by atoms with van der Waals surface area (Å²) in [6.45, 7) is 2.93. The number of hydrogen-bond acceptors (Lipinski definition) is 5. The highest BCUT2D eigenvalue weighted by molar-refractivity contribution is 7.13. The Morgan fingerprint density at radius 3 is 3.09 bits per heavy atom. The third-order valence-electron chi connectivity index (χ3n) is 3.03. The van der Waals surface area contributed by atoms with Gasteiger partial charge in [-0.2, -0.15) is 5.10 Å². The number of hydrogen-bond donors (Lipinski definition) is 1. The first-order valence-corrected chi connectivity index (χ1v) is 7.93. The Morgan fingerprint density at radius 2 is 2.41 bits per heavy atom. The van der Waals surface area contributed by atoms with E-state index in [9.17, 15) is 4.79 Å². The van der Waals surface area contributed by atoms with E-state index in [4.69, 9.17) is 16.1 Å². The number of rotatable bonds is 5. The van der Waals surface area contributed by atoms with Crippen molar-refractivity contribution < 1.29 is 9.32 Å². The molecule has 1 N–H and O–H groups in total. The first-order chi connectivity index (χ1) is 10.7. The van der Waals surface area contributed by atoms with Gasteiger partial charge in [0.2, 0.25) is 0 Å². The molecule has 0 bridgehead atoms. The molecule has 3 rings (SSSR count). The van der Waals surface area contributed by atoms with Crippen LogP contribution >= 0.6 is 22.9 Å². The highest BCUT2D eigenvalue weighted by Crippen LogP contribution is 2.25. The van der Waals surface area contributed by atoms with Crippen molar-refractivity contribution in [1.82, 2.24) is 20.3 Å². The number of carbonyl (C=O) groups is 1. The lowest BCUT2D eigenvalue weighted by atomic mass is 10.3. The monoisotopic (exact) mass is 336 g/mol. The summed E-state index contributed by atoms with van der Waals surface area (Å²) in [5.41, 5.74) is 0.855. The Balaban J connectivity index is 1.66. The zero-order valence-electron chi connectivity index (χ0n) is 11.7. The molecule has 0 saturated carbocycles. The third kappa shape index (κ3) is 3.05. The fourth-order valence-electron chi connectivity index (χ4n) is 1.89. The second-order valence-electron chi connectivity index (χ2n) is 4.52. The van der Waals surface area contributed by atoms with Crippen LogP contribution in [-0.4, -0.2) is 20.8 Å². The maximum Gasteiger partial charge on any atom is 0.273 e. The molecule has 8 heteroatoms. The Morgan fingerprint density at radius 1 is 1.55 bits per heavy atom. The van der Waals surface area contributed by atoms with Crippen molar-refractivity contribution in [3.8, 4) is 10.6 Å². The maximum atomic E-state index is 12.1. The largest absolute Gasteiger partial charge is 0.355 e. The summed E-state index contributed by atoms with van der Waals surface area (Å²) >= 11 is 7.58. The lowest BCUT2D eigenvalue weighted by Gasteiger charge is -2.00. The summed E-state index contributed by atoms with van der Waals surface area (Å²) < 4.78 is 6.90. The van der Waals surface area contributed by atoms with E-state index in [1.807, 2.05) is 24.4 Å². The minimum atomic E-state index is -0.325. The van der Waals surface area contributed by atoms with Gasteiger partial charge in [0.15, 0.2) is 11.5 Å². The van der Waals surface area contributed by atoms with Gasteiger partial charge in [0.25, 0.3) is 5.91 Å². The Bertz CT molecular complexity index is 779. The number of thiophene rings is 1. The van der Waals surface area contributed by atoms with E-state index in [1.54, 1.807) is 16.9 Å². The van der Waals surface area contributed by atoms with Crippen LogP contribution < -0.4 is 5.32 Å². The second-order valence-corrected chi connectivity index (χ2v) is 5.87.